The van der Waals surface area contributed by atoms with Crippen LogP contribution in [0.4, 0.5) is 4.39 Å². The molecule has 1 heterocycles. The number of ether oxygens (including phenoxy) is 1. The van der Waals surface area contributed by atoms with Gasteiger partial charge in [-0.2, -0.15) is 0 Å². The lowest BCUT2D eigenvalue weighted by molar-refractivity contribution is -0.136. The van der Waals surface area contributed by atoms with Gasteiger partial charge in [-0.05, 0) is 35.4 Å². The summed E-state index contributed by atoms with van der Waals surface area (Å²) < 4.78 is 26.5. The summed E-state index contributed by atoms with van der Waals surface area (Å²) in [4.78, 5) is 11.1. The molecule has 30 heavy (non-hydrogen) atoms. The maximum Gasteiger partial charge on any atom is 0.307 e. The molecule has 4 rings (SSSR count). The average molecular weight is 405 g/mol. The highest BCUT2D eigenvalue weighted by Gasteiger charge is 2.17. The van der Waals surface area contributed by atoms with Gasteiger partial charge in [-0.15, -0.1) is 0 Å². The number of rotatable bonds is 7. The van der Waals surface area contributed by atoms with Crippen molar-refractivity contribution in [1.82, 2.24) is 0 Å². The zero-order valence-electron chi connectivity index (χ0n) is 16.1. The van der Waals surface area contributed by atoms with E-state index in [2.05, 4.69) is 0 Å². The summed E-state index contributed by atoms with van der Waals surface area (Å²) in [5.74, 6) is -0.967. The lowest BCUT2D eigenvalue weighted by Crippen LogP contribution is -2.05. The van der Waals surface area contributed by atoms with Crippen LogP contribution in [0.2, 0.25) is 0 Å². The molecule has 0 fully saturated rings. The molecule has 0 bridgehead atoms. The molecule has 5 nitrogen and oxygen atoms in total. The molecule has 0 saturated heterocycles. The van der Waals surface area contributed by atoms with Crippen molar-refractivity contribution in [3.05, 3.63) is 89.4 Å². The number of fused-ring (bicyclic) bond motifs is 1. The molecule has 3 N–H and O–H groups in total. The number of nitrogens with two attached hydrogens (primary N) is 1. The molecular weight excluding hydrogens is 385 g/mol. The molecule has 0 aliphatic heterocycles. The van der Waals surface area contributed by atoms with E-state index in [-0.39, 0.29) is 13.0 Å². The van der Waals surface area contributed by atoms with E-state index in [0.717, 1.165) is 16.7 Å². The van der Waals surface area contributed by atoms with Gasteiger partial charge < -0.3 is 20.0 Å². The van der Waals surface area contributed by atoms with Crippen LogP contribution in [0.5, 0.6) is 5.75 Å². The van der Waals surface area contributed by atoms with E-state index in [0.29, 0.717) is 34.4 Å². The average Bonchev–Trinajstić information content (AvgIpc) is 3.24. The molecule has 0 atom stereocenters. The van der Waals surface area contributed by atoms with Crippen LogP contribution in [-0.2, 0) is 24.4 Å². The number of furan rings is 1. The van der Waals surface area contributed by atoms with Crippen LogP contribution >= 0.6 is 0 Å². The fourth-order valence-corrected chi connectivity index (χ4v) is 3.46. The third-order valence-electron chi connectivity index (χ3n) is 4.92. The highest BCUT2D eigenvalue weighted by atomic mass is 19.1. The van der Waals surface area contributed by atoms with Crippen molar-refractivity contribution in [2.24, 2.45) is 5.73 Å². The fraction of sp³-hybridized carbons (Fsp3) is 0.125. The summed E-state index contributed by atoms with van der Waals surface area (Å²) in [5.41, 5.74) is 9.66. The number of carbonyl (C=O) groups is 1. The van der Waals surface area contributed by atoms with E-state index in [1.54, 1.807) is 36.4 Å². The molecule has 3 aromatic carbocycles. The Balaban J connectivity index is 1.72. The molecule has 0 aliphatic rings. The summed E-state index contributed by atoms with van der Waals surface area (Å²) >= 11 is 0. The van der Waals surface area contributed by atoms with E-state index >= 15 is 4.39 Å². The van der Waals surface area contributed by atoms with Gasteiger partial charge in [0.2, 0.25) is 0 Å². The van der Waals surface area contributed by atoms with Crippen LogP contribution in [0.1, 0.15) is 16.7 Å². The quantitative estimate of drug-likeness (QED) is 0.457. The minimum Gasteiger partial charge on any atom is -0.488 e. The topological polar surface area (TPSA) is 85.7 Å². The number of aliphatic carboxylic acids is 1. The van der Waals surface area contributed by atoms with Crippen molar-refractivity contribution < 1.29 is 23.4 Å². The van der Waals surface area contributed by atoms with Crippen LogP contribution in [0.15, 0.2) is 71.3 Å². The summed E-state index contributed by atoms with van der Waals surface area (Å²) in [7, 11) is 0. The van der Waals surface area contributed by atoms with Gasteiger partial charge in [-0.1, -0.05) is 36.4 Å². The molecule has 0 radical (unpaired) electrons. The monoisotopic (exact) mass is 405 g/mol. The van der Waals surface area contributed by atoms with Gasteiger partial charge >= 0.3 is 5.97 Å². The Morgan fingerprint density at radius 2 is 1.90 bits per heavy atom. The van der Waals surface area contributed by atoms with Gasteiger partial charge in [0.1, 0.15) is 23.8 Å². The highest BCUT2D eigenvalue weighted by Crippen LogP contribution is 2.34. The first-order valence-electron chi connectivity index (χ1n) is 9.47. The van der Waals surface area contributed by atoms with E-state index in [4.69, 9.17) is 20.0 Å². The standard InChI is InChI=1S/C24H20FNO4/c25-23-18(14-30-21-7-2-1-5-17(21)12-22(27)28)11-20(24-19(23)8-9-29-24)16-6-3-4-15(10-16)13-26/h1-11H,12-14,26H2,(H,27,28). The normalized spacial score (nSPS) is 11.0. The summed E-state index contributed by atoms with van der Waals surface area (Å²) in [6.07, 6.45) is 1.29. The van der Waals surface area contributed by atoms with Gasteiger partial charge in [0.05, 0.1) is 18.1 Å². The Labute approximate surface area is 172 Å². The minimum absolute atomic E-state index is 0.0484. The molecule has 0 saturated carbocycles. The predicted octanol–water partition coefficient (Wildman–Crippen LogP) is 4.90. The molecule has 0 amide bonds. The van der Waals surface area contributed by atoms with E-state index in [1.165, 1.54) is 6.26 Å². The zero-order chi connectivity index (χ0) is 21.1. The van der Waals surface area contributed by atoms with Crippen LogP contribution < -0.4 is 10.5 Å². The number of hydrogen-bond acceptors (Lipinski definition) is 4. The second kappa shape index (κ2) is 8.39. The van der Waals surface area contributed by atoms with Crippen molar-refractivity contribution in [2.45, 2.75) is 19.6 Å². The number of para-hydroxylation sites is 1. The first-order valence-corrected chi connectivity index (χ1v) is 9.47. The van der Waals surface area contributed by atoms with Crippen molar-refractivity contribution in [1.29, 1.82) is 0 Å². The van der Waals surface area contributed by atoms with Crippen molar-refractivity contribution >= 4 is 16.9 Å². The zero-order valence-corrected chi connectivity index (χ0v) is 16.1. The van der Waals surface area contributed by atoms with Gasteiger partial charge in [0.25, 0.3) is 0 Å². The molecule has 6 heteroatoms. The molecule has 1 aromatic heterocycles. The lowest BCUT2D eigenvalue weighted by atomic mass is 9.98. The van der Waals surface area contributed by atoms with Crippen LogP contribution in [0.3, 0.4) is 0 Å². The second-order valence-corrected chi connectivity index (χ2v) is 6.93. The fourth-order valence-electron chi connectivity index (χ4n) is 3.46. The molecule has 0 spiro atoms. The van der Waals surface area contributed by atoms with Crippen molar-refractivity contribution in [3.8, 4) is 16.9 Å². The molecule has 4 aromatic rings. The highest BCUT2D eigenvalue weighted by molar-refractivity contribution is 5.93. The second-order valence-electron chi connectivity index (χ2n) is 6.93. The van der Waals surface area contributed by atoms with Crippen molar-refractivity contribution in [2.75, 3.05) is 0 Å². The third-order valence-corrected chi connectivity index (χ3v) is 4.92. The minimum atomic E-state index is -0.959. The summed E-state index contributed by atoms with van der Waals surface area (Å²) in [6, 6.07) is 17.8. The Kier molecular flexibility index (Phi) is 5.50. The maximum atomic E-state index is 15.1. The van der Waals surface area contributed by atoms with Gasteiger partial charge in [-0.25, -0.2) is 4.39 Å². The Morgan fingerprint density at radius 1 is 1.07 bits per heavy atom. The third kappa shape index (κ3) is 3.90. The smallest absolute Gasteiger partial charge is 0.307 e. The summed E-state index contributed by atoms with van der Waals surface area (Å²) in [5, 5.41) is 9.45. The van der Waals surface area contributed by atoms with Gasteiger partial charge in [0, 0.05) is 23.2 Å². The van der Waals surface area contributed by atoms with Crippen LogP contribution in [0, 0.1) is 5.82 Å². The van der Waals surface area contributed by atoms with Crippen molar-refractivity contribution in [3.63, 3.8) is 0 Å². The Bertz CT molecular complexity index is 1220. The SMILES string of the molecule is NCc1cccc(-c2cc(COc3ccccc3CC(=O)O)c(F)c3ccoc23)c1. The molecule has 152 valence electrons. The Morgan fingerprint density at radius 3 is 2.70 bits per heavy atom. The molecule has 0 aliphatic carbocycles. The van der Waals surface area contributed by atoms with E-state index < -0.39 is 11.8 Å². The number of hydrogen-bond donors (Lipinski definition) is 2. The molecule has 0 unspecified atom stereocenters. The number of carboxylic acid groups (broad SMARTS) is 1. The van der Waals surface area contributed by atoms with Crippen LogP contribution in [0.25, 0.3) is 22.1 Å². The van der Waals surface area contributed by atoms with E-state index in [9.17, 15) is 4.79 Å². The van der Waals surface area contributed by atoms with E-state index in [1.807, 2.05) is 24.3 Å². The van der Waals surface area contributed by atoms with Gasteiger partial charge in [0.15, 0.2) is 0 Å². The number of carboxylic acids is 1. The Hall–Kier alpha value is -3.64. The lowest BCUT2D eigenvalue weighted by Gasteiger charge is -2.13. The summed E-state index contributed by atoms with van der Waals surface area (Å²) in [6.45, 7) is 0.347. The predicted molar refractivity (Wildman–Crippen MR) is 112 cm³/mol. The first-order chi connectivity index (χ1) is 14.6. The first kappa shape index (κ1) is 19.7. The number of halogens is 1. The molecular formula is C24H20FNO4. The van der Waals surface area contributed by atoms with Crippen LogP contribution in [-0.4, -0.2) is 11.1 Å². The maximum absolute atomic E-state index is 15.1. The number of benzene rings is 3. The van der Waals surface area contributed by atoms with Gasteiger partial charge in [-0.3, -0.25) is 4.79 Å². The largest absolute Gasteiger partial charge is 0.488 e.